The Morgan fingerprint density at radius 2 is 1.80 bits per heavy atom. The largest absolute Gasteiger partial charge is 0.497 e. The van der Waals surface area contributed by atoms with Crippen molar-refractivity contribution in [3.63, 3.8) is 0 Å². The Morgan fingerprint density at radius 3 is 2.40 bits per heavy atom. The zero-order valence-electron chi connectivity index (χ0n) is 11.9. The highest BCUT2D eigenvalue weighted by Crippen LogP contribution is 2.24. The van der Waals surface area contributed by atoms with E-state index < -0.39 is 12.0 Å². The molecular weight excluding hydrogens is 254 g/mol. The number of rotatable bonds is 5. The van der Waals surface area contributed by atoms with Crippen LogP contribution in [0.2, 0.25) is 0 Å². The molecule has 0 bridgehead atoms. The molecule has 2 aromatic carbocycles. The average molecular weight is 273 g/mol. The molecule has 0 saturated heterocycles. The Bertz CT molecular complexity index is 622. The maximum Gasteiger partial charge on any atom is 0.325 e. The topological polar surface area (TPSA) is 58.6 Å². The summed E-state index contributed by atoms with van der Waals surface area (Å²) in [6, 6.07) is 10.8. The molecule has 20 heavy (non-hydrogen) atoms. The smallest absolute Gasteiger partial charge is 0.325 e. The summed E-state index contributed by atoms with van der Waals surface area (Å²) in [5, 5.41) is 14.4. The van der Waals surface area contributed by atoms with Gasteiger partial charge in [0.2, 0.25) is 0 Å². The lowest BCUT2D eigenvalue weighted by Gasteiger charge is -2.18. The van der Waals surface area contributed by atoms with Crippen molar-refractivity contribution < 1.29 is 14.6 Å². The summed E-state index contributed by atoms with van der Waals surface area (Å²) >= 11 is 0. The molecule has 0 radical (unpaired) electrons. The first-order valence-electron chi connectivity index (χ1n) is 6.58. The molecule has 2 aromatic rings. The number of hydrogen-bond acceptors (Lipinski definition) is 3. The van der Waals surface area contributed by atoms with Gasteiger partial charge in [0.1, 0.15) is 11.8 Å². The third-order valence-corrected chi connectivity index (χ3v) is 3.15. The van der Waals surface area contributed by atoms with Crippen molar-refractivity contribution in [3.05, 3.63) is 42.0 Å². The zero-order chi connectivity index (χ0) is 14.7. The van der Waals surface area contributed by atoms with E-state index in [0.29, 0.717) is 0 Å². The third-order valence-electron chi connectivity index (χ3n) is 3.15. The van der Waals surface area contributed by atoms with Crippen LogP contribution in [-0.4, -0.2) is 24.2 Å². The Hall–Kier alpha value is -2.07. The molecule has 0 fully saturated rings. The highest BCUT2D eigenvalue weighted by Gasteiger charge is 2.20. The summed E-state index contributed by atoms with van der Waals surface area (Å²) in [6.45, 7) is 3.86. The number of aliphatic carboxylic acids is 1. The summed E-state index contributed by atoms with van der Waals surface area (Å²) in [6.07, 6.45) is 0. The van der Waals surface area contributed by atoms with Gasteiger partial charge in [-0.25, -0.2) is 0 Å². The Labute approximate surface area is 118 Å². The van der Waals surface area contributed by atoms with Crippen molar-refractivity contribution >= 4 is 16.7 Å². The van der Waals surface area contributed by atoms with E-state index in [0.717, 1.165) is 22.1 Å². The molecule has 1 unspecified atom stereocenters. The summed E-state index contributed by atoms with van der Waals surface area (Å²) in [4.78, 5) is 11.4. The Balaban J connectivity index is 2.41. The number of carbonyl (C=O) groups is 1. The molecule has 2 rings (SSSR count). The molecule has 0 saturated carbocycles. The first-order chi connectivity index (χ1) is 9.51. The maximum absolute atomic E-state index is 11.4. The van der Waals surface area contributed by atoms with Crippen LogP contribution in [0, 0.1) is 0 Å². The van der Waals surface area contributed by atoms with Crippen LogP contribution in [0.15, 0.2) is 36.4 Å². The van der Waals surface area contributed by atoms with E-state index >= 15 is 0 Å². The van der Waals surface area contributed by atoms with E-state index in [9.17, 15) is 9.90 Å². The monoisotopic (exact) mass is 273 g/mol. The van der Waals surface area contributed by atoms with E-state index in [1.165, 1.54) is 0 Å². The van der Waals surface area contributed by atoms with E-state index in [2.05, 4.69) is 5.32 Å². The van der Waals surface area contributed by atoms with Gasteiger partial charge >= 0.3 is 5.97 Å². The van der Waals surface area contributed by atoms with Gasteiger partial charge in [-0.2, -0.15) is 0 Å². The summed E-state index contributed by atoms with van der Waals surface area (Å²) in [7, 11) is 1.63. The van der Waals surface area contributed by atoms with Crippen molar-refractivity contribution in [2.45, 2.75) is 25.9 Å². The molecule has 0 aliphatic rings. The number of hydrogen-bond donors (Lipinski definition) is 2. The molecule has 4 nitrogen and oxygen atoms in total. The molecule has 2 N–H and O–H groups in total. The Morgan fingerprint density at radius 1 is 1.15 bits per heavy atom. The number of carboxylic acids is 1. The van der Waals surface area contributed by atoms with Crippen LogP contribution in [0.4, 0.5) is 0 Å². The first-order valence-corrected chi connectivity index (χ1v) is 6.58. The third kappa shape index (κ3) is 3.08. The second kappa shape index (κ2) is 5.92. The predicted octanol–water partition coefficient (Wildman–Crippen LogP) is 2.97. The van der Waals surface area contributed by atoms with Gasteiger partial charge in [-0.1, -0.05) is 18.2 Å². The number of benzene rings is 2. The van der Waals surface area contributed by atoms with Crippen LogP contribution in [-0.2, 0) is 4.79 Å². The van der Waals surface area contributed by atoms with Crippen LogP contribution < -0.4 is 10.1 Å². The number of methoxy groups -OCH3 is 1. The van der Waals surface area contributed by atoms with E-state index in [4.69, 9.17) is 4.74 Å². The van der Waals surface area contributed by atoms with E-state index in [1.807, 2.05) is 50.2 Å². The Kier molecular flexibility index (Phi) is 4.25. The van der Waals surface area contributed by atoms with Gasteiger partial charge in [0.15, 0.2) is 0 Å². The van der Waals surface area contributed by atoms with Gasteiger partial charge in [0.25, 0.3) is 0 Å². The molecular formula is C16H19NO3. The maximum atomic E-state index is 11.4. The zero-order valence-corrected chi connectivity index (χ0v) is 11.9. The fraction of sp³-hybridized carbons (Fsp3) is 0.312. The van der Waals surface area contributed by atoms with Crippen molar-refractivity contribution in [2.75, 3.05) is 7.11 Å². The minimum atomic E-state index is -0.869. The van der Waals surface area contributed by atoms with Crippen molar-refractivity contribution in [3.8, 4) is 5.75 Å². The molecule has 1 atom stereocenters. The summed E-state index contributed by atoms with van der Waals surface area (Å²) in [5.41, 5.74) is 0.754. The summed E-state index contributed by atoms with van der Waals surface area (Å²) < 4.78 is 5.18. The van der Waals surface area contributed by atoms with E-state index in [-0.39, 0.29) is 6.04 Å². The molecule has 0 aliphatic carbocycles. The second-order valence-corrected chi connectivity index (χ2v) is 5.07. The molecule has 0 aromatic heterocycles. The lowest BCUT2D eigenvalue weighted by atomic mass is 10.0. The highest BCUT2D eigenvalue weighted by atomic mass is 16.5. The number of carboxylic acid groups (broad SMARTS) is 1. The number of nitrogens with one attached hydrogen (secondary N) is 1. The van der Waals surface area contributed by atoms with Gasteiger partial charge < -0.3 is 9.84 Å². The van der Waals surface area contributed by atoms with Gasteiger partial charge in [-0.3, -0.25) is 10.1 Å². The SMILES string of the molecule is COc1ccc2cc(C(NC(C)C)C(=O)O)ccc2c1. The fourth-order valence-corrected chi connectivity index (χ4v) is 2.19. The van der Waals surface area contributed by atoms with Crippen LogP contribution in [0.25, 0.3) is 10.8 Å². The normalized spacial score (nSPS) is 12.6. The first kappa shape index (κ1) is 14.3. The quantitative estimate of drug-likeness (QED) is 0.879. The summed E-state index contributed by atoms with van der Waals surface area (Å²) in [5.74, 6) is -0.0769. The number of fused-ring (bicyclic) bond motifs is 1. The highest BCUT2D eigenvalue weighted by molar-refractivity contribution is 5.86. The minimum absolute atomic E-state index is 0.0997. The van der Waals surface area contributed by atoms with Gasteiger partial charge in [0, 0.05) is 6.04 Å². The predicted molar refractivity (Wildman–Crippen MR) is 79.1 cm³/mol. The number of ether oxygens (including phenoxy) is 1. The lowest BCUT2D eigenvalue weighted by Crippen LogP contribution is -2.33. The lowest BCUT2D eigenvalue weighted by molar-refractivity contribution is -0.139. The standard InChI is InChI=1S/C16H19NO3/c1-10(2)17-15(16(18)19)13-5-4-12-9-14(20-3)7-6-11(12)8-13/h4-10,15,17H,1-3H3,(H,18,19). The minimum Gasteiger partial charge on any atom is -0.497 e. The fourth-order valence-electron chi connectivity index (χ4n) is 2.19. The molecule has 0 spiro atoms. The van der Waals surface area contributed by atoms with Crippen LogP contribution in [0.3, 0.4) is 0 Å². The molecule has 0 aliphatic heterocycles. The van der Waals surface area contributed by atoms with Gasteiger partial charge in [0.05, 0.1) is 7.11 Å². The second-order valence-electron chi connectivity index (χ2n) is 5.07. The van der Waals surface area contributed by atoms with Gasteiger partial charge in [-0.15, -0.1) is 0 Å². The van der Waals surface area contributed by atoms with Crippen LogP contribution >= 0.6 is 0 Å². The molecule has 4 heteroatoms. The van der Waals surface area contributed by atoms with Crippen LogP contribution in [0.1, 0.15) is 25.5 Å². The van der Waals surface area contributed by atoms with E-state index in [1.54, 1.807) is 7.11 Å². The molecule has 0 heterocycles. The molecule has 0 amide bonds. The van der Waals surface area contributed by atoms with Crippen molar-refractivity contribution in [1.29, 1.82) is 0 Å². The van der Waals surface area contributed by atoms with Crippen LogP contribution in [0.5, 0.6) is 5.75 Å². The van der Waals surface area contributed by atoms with Crippen molar-refractivity contribution in [1.82, 2.24) is 5.32 Å². The molecule has 106 valence electrons. The van der Waals surface area contributed by atoms with Crippen molar-refractivity contribution in [2.24, 2.45) is 0 Å². The average Bonchev–Trinajstić information content (AvgIpc) is 2.43. The van der Waals surface area contributed by atoms with Gasteiger partial charge in [-0.05, 0) is 48.4 Å².